The molecule has 0 aromatic carbocycles. The van der Waals surface area contributed by atoms with Crippen molar-refractivity contribution in [3.8, 4) is 0 Å². The van der Waals surface area contributed by atoms with E-state index in [1.165, 1.54) is 0 Å². The number of aromatic nitrogens is 3. The van der Waals surface area contributed by atoms with Crippen LogP contribution in [0.2, 0.25) is 0 Å². The molecule has 2 aromatic heterocycles. The van der Waals surface area contributed by atoms with Crippen molar-refractivity contribution in [2.45, 2.75) is 18.9 Å². The number of nitrogens with one attached hydrogen (secondary N) is 1. The molecule has 1 fully saturated rings. The summed E-state index contributed by atoms with van der Waals surface area (Å²) in [4.78, 5) is 22.6. The molecule has 0 aliphatic carbocycles. The van der Waals surface area contributed by atoms with Crippen LogP contribution in [0.4, 0.5) is 5.69 Å². The summed E-state index contributed by atoms with van der Waals surface area (Å²) in [5.41, 5.74) is 1.76. The van der Waals surface area contributed by atoms with Gasteiger partial charge in [0.1, 0.15) is 5.69 Å². The Hall–Kier alpha value is -1.89. The molecule has 3 heterocycles. The molecule has 1 saturated heterocycles. The van der Waals surface area contributed by atoms with Gasteiger partial charge >= 0.3 is 0 Å². The van der Waals surface area contributed by atoms with Crippen molar-refractivity contribution in [1.82, 2.24) is 19.9 Å². The number of piperidine rings is 1. The summed E-state index contributed by atoms with van der Waals surface area (Å²) < 4.78 is 2.74. The second-order valence-electron chi connectivity index (χ2n) is 5.45. The van der Waals surface area contributed by atoms with Crippen molar-refractivity contribution in [1.29, 1.82) is 0 Å². The van der Waals surface area contributed by atoms with Gasteiger partial charge < -0.3 is 14.8 Å². The van der Waals surface area contributed by atoms with Gasteiger partial charge in [0.05, 0.1) is 22.7 Å². The van der Waals surface area contributed by atoms with Crippen molar-refractivity contribution in [3.63, 3.8) is 0 Å². The van der Waals surface area contributed by atoms with Crippen LogP contribution < -0.4 is 10.2 Å². The van der Waals surface area contributed by atoms with Crippen LogP contribution in [0.5, 0.6) is 0 Å². The van der Waals surface area contributed by atoms with Gasteiger partial charge in [0, 0.05) is 38.6 Å². The van der Waals surface area contributed by atoms with Crippen LogP contribution in [0.15, 0.2) is 35.5 Å². The summed E-state index contributed by atoms with van der Waals surface area (Å²) in [6.45, 7) is 1.83. The third kappa shape index (κ3) is 3.14. The SMILES string of the molecule is Cn1cncc1C(=O)NC1CCN(c2ccncc2Br)CC1. The fourth-order valence-corrected chi connectivity index (χ4v) is 3.23. The zero-order chi connectivity index (χ0) is 15.5. The fraction of sp³-hybridized carbons (Fsp3) is 0.400. The normalized spacial score (nSPS) is 15.8. The van der Waals surface area contributed by atoms with Gasteiger partial charge in [-0.15, -0.1) is 0 Å². The summed E-state index contributed by atoms with van der Waals surface area (Å²) in [5.74, 6) is -0.0523. The Morgan fingerprint density at radius 3 is 2.73 bits per heavy atom. The third-order valence-corrected chi connectivity index (χ3v) is 4.58. The predicted octanol–water partition coefficient (Wildman–Crippen LogP) is 1.98. The molecular formula is C15H18BrN5O. The second kappa shape index (κ2) is 6.48. The fourth-order valence-electron chi connectivity index (χ4n) is 2.72. The van der Waals surface area contributed by atoms with Crippen LogP contribution >= 0.6 is 15.9 Å². The Labute approximate surface area is 137 Å². The summed E-state index contributed by atoms with van der Waals surface area (Å²) in [6.07, 6.45) is 8.70. The van der Waals surface area contributed by atoms with Crippen LogP contribution in [0.25, 0.3) is 0 Å². The summed E-state index contributed by atoms with van der Waals surface area (Å²) in [6, 6.07) is 2.22. The molecule has 0 bridgehead atoms. The summed E-state index contributed by atoms with van der Waals surface area (Å²) >= 11 is 3.54. The molecule has 6 nitrogen and oxygen atoms in total. The van der Waals surface area contributed by atoms with Gasteiger partial charge in [-0.25, -0.2) is 4.98 Å². The molecule has 1 N–H and O–H groups in total. The maximum absolute atomic E-state index is 12.2. The van der Waals surface area contributed by atoms with Crippen LogP contribution in [0.1, 0.15) is 23.3 Å². The number of anilines is 1. The molecule has 1 aliphatic heterocycles. The lowest BCUT2D eigenvalue weighted by molar-refractivity contribution is 0.0923. The van der Waals surface area contributed by atoms with E-state index in [1.807, 2.05) is 19.3 Å². The minimum absolute atomic E-state index is 0.0523. The lowest BCUT2D eigenvalue weighted by atomic mass is 10.0. The largest absolute Gasteiger partial charge is 0.370 e. The first kappa shape index (κ1) is 15.0. The van der Waals surface area contributed by atoms with Crippen molar-refractivity contribution >= 4 is 27.5 Å². The van der Waals surface area contributed by atoms with Crippen molar-refractivity contribution in [2.24, 2.45) is 7.05 Å². The molecule has 0 unspecified atom stereocenters. The highest BCUT2D eigenvalue weighted by Gasteiger charge is 2.23. The molecule has 3 rings (SSSR count). The zero-order valence-electron chi connectivity index (χ0n) is 12.4. The number of imidazole rings is 1. The first-order valence-electron chi connectivity index (χ1n) is 7.27. The molecule has 0 radical (unpaired) electrons. The third-order valence-electron chi connectivity index (χ3n) is 3.97. The number of pyridine rings is 1. The van der Waals surface area contributed by atoms with Crippen LogP contribution in [0, 0.1) is 0 Å². The second-order valence-corrected chi connectivity index (χ2v) is 6.31. The highest BCUT2D eigenvalue weighted by Crippen LogP contribution is 2.27. The standard InChI is InChI=1S/C15H18BrN5O/c1-20-10-18-9-14(20)15(22)19-11-3-6-21(7-4-11)13-2-5-17-8-12(13)16/h2,5,8-11H,3-4,6-7H2,1H3,(H,19,22). The highest BCUT2D eigenvalue weighted by atomic mass is 79.9. The van der Waals surface area contributed by atoms with Gasteiger partial charge in [-0.3, -0.25) is 9.78 Å². The van der Waals surface area contributed by atoms with E-state index >= 15 is 0 Å². The number of aryl methyl sites for hydroxylation is 1. The van der Waals surface area contributed by atoms with Crippen LogP contribution in [-0.4, -0.2) is 39.6 Å². The van der Waals surface area contributed by atoms with E-state index in [0.717, 1.165) is 36.1 Å². The molecular weight excluding hydrogens is 346 g/mol. The number of rotatable bonds is 3. The Kier molecular flexibility index (Phi) is 4.42. The van der Waals surface area contributed by atoms with Crippen molar-refractivity contribution < 1.29 is 4.79 Å². The lowest BCUT2D eigenvalue weighted by Gasteiger charge is -2.34. The minimum Gasteiger partial charge on any atom is -0.370 e. The van der Waals surface area contributed by atoms with E-state index in [-0.39, 0.29) is 11.9 Å². The number of hydrogen-bond acceptors (Lipinski definition) is 4. The number of nitrogens with zero attached hydrogens (tertiary/aromatic N) is 4. The number of carbonyl (C=O) groups excluding carboxylic acids is 1. The Bertz CT molecular complexity index is 663. The maximum Gasteiger partial charge on any atom is 0.269 e. The molecule has 0 atom stereocenters. The summed E-state index contributed by atoms with van der Waals surface area (Å²) in [7, 11) is 1.82. The van der Waals surface area contributed by atoms with E-state index in [0.29, 0.717) is 5.69 Å². The molecule has 22 heavy (non-hydrogen) atoms. The molecule has 0 saturated carbocycles. The molecule has 1 amide bonds. The molecule has 7 heteroatoms. The molecule has 0 spiro atoms. The van der Waals surface area contributed by atoms with Crippen LogP contribution in [-0.2, 0) is 7.05 Å². The monoisotopic (exact) mass is 363 g/mol. The Balaban J connectivity index is 1.57. The summed E-state index contributed by atoms with van der Waals surface area (Å²) in [5, 5.41) is 3.10. The quantitative estimate of drug-likeness (QED) is 0.905. The number of carbonyl (C=O) groups is 1. The molecule has 1 aliphatic rings. The number of amides is 1. The lowest BCUT2D eigenvalue weighted by Crippen LogP contribution is -2.45. The number of halogens is 1. The number of hydrogen-bond donors (Lipinski definition) is 1. The molecule has 116 valence electrons. The maximum atomic E-state index is 12.2. The van der Waals surface area contributed by atoms with Crippen LogP contribution in [0.3, 0.4) is 0 Å². The Morgan fingerprint density at radius 1 is 1.32 bits per heavy atom. The smallest absolute Gasteiger partial charge is 0.269 e. The van der Waals surface area contributed by atoms with E-state index < -0.39 is 0 Å². The van der Waals surface area contributed by atoms with Gasteiger partial charge in [-0.1, -0.05) is 0 Å². The zero-order valence-corrected chi connectivity index (χ0v) is 14.0. The van der Waals surface area contributed by atoms with Gasteiger partial charge in [0.15, 0.2) is 0 Å². The minimum atomic E-state index is -0.0523. The highest BCUT2D eigenvalue weighted by molar-refractivity contribution is 9.10. The van der Waals surface area contributed by atoms with Gasteiger partial charge in [0.2, 0.25) is 0 Å². The molecule has 2 aromatic rings. The van der Waals surface area contributed by atoms with E-state index in [4.69, 9.17) is 0 Å². The van der Waals surface area contributed by atoms with Gasteiger partial charge in [0.25, 0.3) is 5.91 Å². The van der Waals surface area contributed by atoms with Gasteiger partial charge in [-0.05, 0) is 34.8 Å². The Morgan fingerprint density at radius 2 is 2.09 bits per heavy atom. The van der Waals surface area contributed by atoms with E-state index in [9.17, 15) is 4.79 Å². The predicted molar refractivity (Wildman–Crippen MR) is 87.8 cm³/mol. The van der Waals surface area contributed by atoms with Crippen molar-refractivity contribution in [2.75, 3.05) is 18.0 Å². The first-order chi connectivity index (χ1) is 10.6. The topological polar surface area (TPSA) is 63.1 Å². The van der Waals surface area contributed by atoms with Gasteiger partial charge in [-0.2, -0.15) is 0 Å². The van der Waals surface area contributed by atoms with E-state index in [1.54, 1.807) is 23.3 Å². The average Bonchev–Trinajstić information content (AvgIpc) is 2.95. The van der Waals surface area contributed by atoms with Crippen molar-refractivity contribution in [3.05, 3.63) is 41.2 Å². The average molecular weight is 364 g/mol. The van der Waals surface area contributed by atoms with E-state index in [2.05, 4.69) is 36.1 Å². The first-order valence-corrected chi connectivity index (χ1v) is 8.06.